The Labute approximate surface area is 103 Å². The van der Waals surface area contributed by atoms with Crippen molar-refractivity contribution >= 4 is 17.7 Å². The molecule has 3 N–H and O–H groups in total. The van der Waals surface area contributed by atoms with Crippen LogP contribution in [0.5, 0.6) is 0 Å². The summed E-state index contributed by atoms with van der Waals surface area (Å²) in [6.07, 6.45) is -3.69. The number of carbonyl (C=O) groups is 1. The Kier molecular flexibility index (Phi) is 4.03. The molecule has 0 spiro atoms. The third-order valence-electron chi connectivity index (χ3n) is 3.36. The quantitative estimate of drug-likeness (QED) is 0.817. The summed E-state index contributed by atoms with van der Waals surface area (Å²) in [6.45, 7) is 2.36. The number of hydrogen-bond donors (Lipinski definition) is 2. The van der Waals surface area contributed by atoms with E-state index in [0.717, 1.165) is 5.75 Å². The standard InChI is InChI=1S/C10H17F3N2OS/c1-8(2)3-4-17-6-9(8,7(14)16)15-5-10(11,12)13/h15H,3-6H2,1-2H3,(H2,14,16). The fraction of sp³-hybridized carbons (Fsp3) is 0.900. The van der Waals surface area contributed by atoms with Crippen LogP contribution in [0.15, 0.2) is 0 Å². The van der Waals surface area contributed by atoms with Crippen LogP contribution in [-0.4, -0.2) is 35.7 Å². The number of amides is 1. The van der Waals surface area contributed by atoms with Gasteiger partial charge in [0.1, 0.15) is 5.54 Å². The molecule has 1 aliphatic heterocycles. The maximum atomic E-state index is 12.3. The van der Waals surface area contributed by atoms with Crippen LogP contribution in [0.25, 0.3) is 0 Å². The van der Waals surface area contributed by atoms with Gasteiger partial charge in [0.15, 0.2) is 0 Å². The Balaban J connectivity index is 2.92. The molecule has 1 amide bonds. The molecule has 0 radical (unpaired) electrons. The molecule has 7 heteroatoms. The third kappa shape index (κ3) is 3.07. The van der Waals surface area contributed by atoms with Crippen molar-refractivity contribution < 1.29 is 18.0 Å². The molecule has 1 saturated heterocycles. The second-order valence-electron chi connectivity index (χ2n) is 4.92. The maximum absolute atomic E-state index is 12.3. The Bertz CT molecular complexity index is 306. The van der Waals surface area contributed by atoms with E-state index in [1.54, 1.807) is 13.8 Å². The number of alkyl halides is 3. The molecule has 1 rings (SSSR count). The number of carbonyl (C=O) groups excluding carboxylic acids is 1. The summed E-state index contributed by atoms with van der Waals surface area (Å²) in [5, 5.41) is 2.34. The van der Waals surface area contributed by atoms with E-state index in [9.17, 15) is 18.0 Å². The zero-order valence-corrected chi connectivity index (χ0v) is 10.7. The van der Waals surface area contributed by atoms with Crippen LogP contribution in [0, 0.1) is 5.41 Å². The van der Waals surface area contributed by atoms with Crippen LogP contribution in [0.2, 0.25) is 0 Å². The first-order chi connectivity index (χ1) is 7.61. The molecule has 0 aromatic heterocycles. The van der Waals surface area contributed by atoms with Crippen molar-refractivity contribution in [2.45, 2.75) is 32.0 Å². The molecule has 1 fully saturated rings. The lowest BCUT2D eigenvalue weighted by Crippen LogP contribution is -2.68. The lowest BCUT2D eigenvalue weighted by molar-refractivity contribution is -0.140. The zero-order valence-electron chi connectivity index (χ0n) is 9.86. The fourth-order valence-electron chi connectivity index (χ4n) is 1.99. The number of nitrogens with two attached hydrogens (primary N) is 1. The molecule has 3 nitrogen and oxygen atoms in total. The number of thioether (sulfide) groups is 1. The molecule has 0 aromatic rings. The molecule has 100 valence electrons. The van der Waals surface area contributed by atoms with E-state index in [1.807, 2.05) is 0 Å². The van der Waals surface area contributed by atoms with Crippen molar-refractivity contribution in [2.24, 2.45) is 11.1 Å². The molecule has 1 atom stereocenters. The van der Waals surface area contributed by atoms with Crippen LogP contribution in [0.4, 0.5) is 13.2 Å². The van der Waals surface area contributed by atoms with Gasteiger partial charge in [-0.1, -0.05) is 13.8 Å². The highest BCUT2D eigenvalue weighted by molar-refractivity contribution is 7.99. The molecular formula is C10H17F3N2OS. The Morgan fingerprint density at radius 2 is 2.06 bits per heavy atom. The van der Waals surface area contributed by atoms with Gasteiger partial charge in [0.05, 0.1) is 6.54 Å². The van der Waals surface area contributed by atoms with Gasteiger partial charge >= 0.3 is 6.18 Å². The van der Waals surface area contributed by atoms with Crippen molar-refractivity contribution in [2.75, 3.05) is 18.1 Å². The van der Waals surface area contributed by atoms with Gasteiger partial charge in [-0.3, -0.25) is 10.1 Å². The van der Waals surface area contributed by atoms with Crippen molar-refractivity contribution in [3.63, 3.8) is 0 Å². The highest BCUT2D eigenvalue weighted by Crippen LogP contribution is 2.42. The Hall–Kier alpha value is -0.430. The number of halogens is 3. The molecule has 0 bridgehead atoms. The van der Waals surface area contributed by atoms with E-state index in [2.05, 4.69) is 5.32 Å². The second-order valence-corrected chi connectivity index (χ2v) is 6.03. The molecule has 1 unspecified atom stereocenters. The monoisotopic (exact) mass is 270 g/mol. The van der Waals surface area contributed by atoms with Gasteiger partial charge in [-0.05, 0) is 17.6 Å². The van der Waals surface area contributed by atoms with Crippen LogP contribution < -0.4 is 11.1 Å². The highest BCUT2D eigenvalue weighted by Gasteiger charge is 2.52. The summed E-state index contributed by atoms with van der Waals surface area (Å²) >= 11 is 1.45. The summed E-state index contributed by atoms with van der Waals surface area (Å²) in [6, 6.07) is 0. The molecule has 0 aliphatic carbocycles. The normalized spacial score (nSPS) is 29.0. The van der Waals surface area contributed by atoms with Crippen LogP contribution >= 0.6 is 11.8 Å². The minimum absolute atomic E-state index is 0.283. The van der Waals surface area contributed by atoms with Gasteiger partial charge in [-0.2, -0.15) is 24.9 Å². The van der Waals surface area contributed by atoms with Crippen LogP contribution in [-0.2, 0) is 4.79 Å². The van der Waals surface area contributed by atoms with Gasteiger partial charge in [0.25, 0.3) is 0 Å². The number of rotatable bonds is 3. The number of hydrogen-bond acceptors (Lipinski definition) is 3. The number of primary amides is 1. The summed E-state index contributed by atoms with van der Waals surface area (Å²) < 4.78 is 36.8. The van der Waals surface area contributed by atoms with Crippen molar-refractivity contribution in [3.8, 4) is 0 Å². The molecule has 1 aliphatic rings. The van der Waals surface area contributed by atoms with Gasteiger partial charge in [-0.15, -0.1) is 0 Å². The molecular weight excluding hydrogens is 253 g/mol. The van der Waals surface area contributed by atoms with Gasteiger partial charge < -0.3 is 5.73 Å². The summed E-state index contributed by atoms with van der Waals surface area (Å²) in [4.78, 5) is 11.6. The van der Waals surface area contributed by atoms with E-state index in [-0.39, 0.29) is 5.75 Å². The van der Waals surface area contributed by atoms with E-state index in [0.29, 0.717) is 6.42 Å². The lowest BCUT2D eigenvalue weighted by Gasteiger charge is -2.48. The van der Waals surface area contributed by atoms with E-state index in [1.165, 1.54) is 11.8 Å². The minimum Gasteiger partial charge on any atom is -0.368 e. The summed E-state index contributed by atoms with van der Waals surface area (Å²) in [5.41, 5.74) is 3.46. The predicted octanol–water partition coefficient (Wildman–Crippen LogP) is 1.53. The molecule has 0 saturated carbocycles. The van der Waals surface area contributed by atoms with Gasteiger partial charge in [0.2, 0.25) is 5.91 Å². The van der Waals surface area contributed by atoms with Crippen LogP contribution in [0.3, 0.4) is 0 Å². The fourth-order valence-corrected chi connectivity index (χ4v) is 3.73. The summed E-state index contributed by atoms with van der Waals surface area (Å²) in [7, 11) is 0. The van der Waals surface area contributed by atoms with Crippen molar-refractivity contribution in [1.82, 2.24) is 5.32 Å². The molecule has 17 heavy (non-hydrogen) atoms. The Morgan fingerprint density at radius 1 is 1.47 bits per heavy atom. The first kappa shape index (κ1) is 14.6. The topological polar surface area (TPSA) is 55.1 Å². The molecule has 1 heterocycles. The van der Waals surface area contributed by atoms with Crippen LogP contribution in [0.1, 0.15) is 20.3 Å². The van der Waals surface area contributed by atoms with Crippen molar-refractivity contribution in [1.29, 1.82) is 0 Å². The lowest BCUT2D eigenvalue weighted by atomic mass is 9.70. The highest BCUT2D eigenvalue weighted by atomic mass is 32.2. The van der Waals surface area contributed by atoms with E-state index >= 15 is 0 Å². The average molecular weight is 270 g/mol. The zero-order chi connectivity index (χ0) is 13.3. The van der Waals surface area contributed by atoms with Gasteiger partial charge in [0, 0.05) is 5.75 Å². The molecule has 0 aromatic carbocycles. The smallest absolute Gasteiger partial charge is 0.368 e. The predicted molar refractivity (Wildman–Crippen MR) is 61.7 cm³/mol. The first-order valence-corrected chi connectivity index (χ1v) is 6.46. The summed E-state index contributed by atoms with van der Waals surface area (Å²) in [5.74, 6) is 0.403. The first-order valence-electron chi connectivity index (χ1n) is 5.30. The maximum Gasteiger partial charge on any atom is 0.401 e. The Morgan fingerprint density at radius 3 is 2.47 bits per heavy atom. The largest absolute Gasteiger partial charge is 0.401 e. The SMILES string of the molecule is CC1(C)CCSCC1(NCC(F)(F)F)C(N)=O. The van der Waals surface area contributed by atoms with Crippen molar-refractivity contribution in [3.05, 3.63) is 0 Å². The second kappa shape index (κ2) is 4.68. The third-order valence-corrected chi connectivity index (χ3v) is 4.49. The van der Waals surface area contributed by atoms with E-state index in [4.69, 9.17) is 5.73 Å². The van der Waals surface area contributed by atoms with E-state index < -0.39 is 29.6 Å². The van der Waals surface area contributed by atoms with Gasteiger partial charge in [-0.25, -0.2) is 0 Å². The average Bonchev–Trinajstić information content (AvgIpc) is 2.13. The minimum atomic E-state index is -4.35. The number of nitrogens with one attached hydrogen (secondary N) is 1.